The van der Waals surface area contributed by atoms with E-state index in [-0.39, 0.29) is 19.0 Å². The van der Waals surface area contributed by atoms with Crippen molar-refractivity contribution in [3.8, 4) is 0 Å². The van der Waals surface area contributed by atoms with E-state index in [0.29, 0.717) is 11.0 Å². The monoisotopic (exact) mass is 382 g/mol. The first kappa shape index (κ1) is 21.4. The molecule has 0 unspecified atom stereocenters. The minimum absolute atomic E-state index is 0.0211. The van der Waals surface area contributed by atoms with E-state index in [2.05, 4.69) is 0 Å². The van der Waals surface area contributed by atoms with Crippen molar-refractivity contribution in [2.45, 2.75) is 19.1 Å². The maximum absolute atomic E-state index is 12.2. The molecule has 5 heteroatoms. The molecule has 0 amide bonds. The second-order valence-electron chi connectivity index (χ2n) is 7.63. The molecule has 1 atom stereocenters. The SMILES string of the molecule is C[N+](C)(C)C[C@@H](CC(=O)OCc1ccccc1)OC(=O)C=Cc1ccccc1. The van der Waals surface area contributed by atoms with Crippen molar-refractivity contribution in [2.24, 2.45) is 0 Å². The van der Waals surface area contributed by atoms with Crippen molar-refractivity contribution in [3.63, 3.8) is 0 Å². The first-order valence-electron chi connectivity index (χ1n) is 9.25. The predicted octanol–water partition coefficient (Wildman–Crippen LogP) is 3.45. The molecule has 0 bridgehead atoms. The summed E-state index contributed by atoms with van der Waals surface area (Å²) in [5, 5.41) is 0. The quantitative estimate of drug-likeness (QED) is 0.379. The van der Waals surface area contributed by atoms with Crippen LogP contribution in [-0.2, 0) is 25.7 Å². The lowest BCUT2D eigenvalue weighted by atomic mass is 10.2. The van der Waals surface area contributed by atoms with Crippen LogP contribution < -0.4 is 0 Å². The summed E-state index contributed by atoms with van der Waals surface area (Å²) in [4.78, 5) is 24.4. The summed E-state index contributed by atoms with van der Waals surface area (Å²) in [6.45, 7) is 0.712. The van der Waals surface area contributed by atoms with Gasteiger partial charge in [-0.3, -0.25) is 4.79 Å². The van der Waals surface area contributed by atoms with Gasteiger partial charge in [0.1, 0.15) is 13.2 Å². The average Bonchev–Trinajstić information content (AvgIpc) is 2.65. The van der Waals surface area contributed by atoms with Crippen LogP contribution in [0.4, 0.5) is 0 Å². The van der Waals surface area contributed by atoms with E-state index in [0.717, 1.165) is 11.1 Å². The largest absolute Gasteiger partial charge is 0.461 e. The maximum atomic E-state index is 12.2. The Morgan fingerprint density at radius 3 is 2.18 bits per heavy atom. The molecule has 5 nitrogen and oxygen atoms in total. The van der Waals surface area contributed by atoms with Crippen molar-refractivity contribution < 1.29 is 23.5 Å². The van der Waals surface area contributed by atoms with Gasteiger partial charge in [-0.15, -0.1) is 0 Å². The first-order valence-corrected chi connectivity index (χ1v) is 9.25. The van der Waals surface area contributed by atoms with Crippen molar-refractivity contribution in [1.29, 1.82) is 0 Å². The summed E-state index contributed by atoms with van der Waals surface area (Å²) < 4.78 is 11.4. The fourth-order valence-electron chi connectivity index (χ4n) is 2.67. The summed E-state index contributed by atoms with van der Waals surface area (Å²) in [5.41, 5.74) is 1.83. The van der Waals surface area contributed by atoms with E-state index in [4.69, 9.17) is 9.47 Å². The van der Waals surface area contributed by atoms with Crippen LogP contribution in [0.3, 0.4) is 0 Å². The van der Waals surface area contributed by atoms with Gasteiger partial charge in [0.25, 0.3) is 0 Å². The third kappa shape index (κ3) is 8.64. The van der Waals surface area contributed by atoms with E-state index in [1.807, 2.05) is 81.8 Å². The molecule has 0 fully saturated rings. The molecule has 2 aromatic rings. The van der Waals surface area contributed by atoms with E-state index >= 15 is 0 Å². The predicted molar refractivity (Wildman–Crippen MR) is 109 cm³/mol. The lowest BCUT2D eigenvalue weighted by Gasteiger charge is -2.28. The lowest BCUT2D eigenvalue weighted by molar-refractivity contribution is -0.873. The summed E-state index contributed by atoms with van der Waals surface area (Å²) in [6.07, 6.45) is 2.54. The van der Waals surface area contributed by atoms with Crippen molar-refractivity contribution in [1.82, 2.24) is 0 Å². The number of ether oxygens (including phenoxy) is 2. The molecule has 0 N–H and O–H groups in total. The zero-order chi connectivity index (χ0) is 20.4. The molecule has 0 saturated heterocycles. The third-order valence-corrected chi connectivity index (χ3v) is 3.88. The Labute approximate surface area is 166 Å². The Balaban J connectivity index is 1.92. The average molecular weight is 382 g/mol. The van der Waals surface area contributed by atoms with Crippen LogP contribution in [0.1, 0.15) is 17.5 Å². The highest BCUT2D eigenvalue weighted by Crippen LogP contribution is 2.10. The molecular formula is C23H28NO4+. The highest BCUT2D eigenvalue weighted by Gasteiger charge is 2.25. The van der Waals surface area contributed by atoms with Crippen LogP contribution in [0.5, 0.6) is 0 Å². The number of benzene rings is 2. The summed E-state index contributed by atoms with van der Waals surface area (Å²) in [5.74, 6) is -0.861. The summed E-state index contributed by atoms with van der Waals surface area (Å²) in [6, 6.07) is 19.0. The van der Waals surface area contributed by atoms with Gasteiger partial charge in [-0.2, -0.15) is 0 Å². The zero-order valence-corrected chi connectivity index (χ0v) is 16.7. The molecule has 2 aromatic carbocycles. The molecule has 0 aliphatic heterocycles. The van der Waals surface area contributed by atoms with Crippen LogP contribution in [0.25, 0.3) is 6.08 Å². The minimum Gasteiger partial charge on any atom is -0.461 e. The van der Waals surface area contributed by atoms with Gasteiger partial charge in [0.2, 0.25) is 0 Å². The number of rotatable bonds is 9. The van der Waals surface area contributed by atoms with Crippen LogP contribution in [0.15, 0.2) is 66.7 Å². The second kappa shape index (κ2) is 10.4. The molecule has 148 valence electrons. The third-order valence-electron chi connectivity index (χ3n) is 3.88. The van der Waals surface area contributed by atoms with Gasteiger partial charge >= 0.3 is 11.9 Å². The van der Waals surface area contributed by atoms with Crippen LogP contribution in [0, 0.1) is 0 Å². The number of nitrogens with zero attached hydrogens (tertiary/aromatic N) is 1. The highest BCUT2D eigenvalue weighted by molar-refractivity contribution is 5.87. The van der Waals surface area contributed by atoms with Crippen molar-refractivity contribution in [2.75, 3.05) is 27.7 Å². The Hall–Kier alpha value is -2.92. The van der Waals surface area contributed by atoms with Crippen LogP contribution in [-0.4, -0.2) is 50.2 Å². The molecule has 2 rings (SSSR count). The highest BCUT2D eigenvalue weighted by atomic mass is 16.6. The normalized spacial score (nSPS) is 12.5. The van der Waals surface area contributed by atoms with Gasteiger partial charge in [-0.05, 0) is 17.2 Å². The number of likely N-dealkylation sites (N-methyl/N-ethyl adjacent to an activating group) is 1. The zero-order valence-electron chi connectivity index (χ0n) is 16.7. The van der Waals surface area contributed by atoms with Crippen LogP contribution >= 0.6 is 0 Å². The first-order chi connectivity index (χ1) is 13.3. The summed E-state index contributed by atoms with van der Waals surface area (Å²) in [7, 11) is 5.95. The number of quaternary nitrogens is 1. The van der Waals surface area contributed by atoms with Crippen molar-refractivity contribution in [3.05, 3.63) is 77.9 Å². The molecular weight excluding hydrogens is 354 g/mol. The fraction of sp³-hybridized carbons (Fsp3) is 0.304. The Bertz CT molecular complexity index is 779. The number of hydrogen-bond donors (Lipinski definition) is 0. The van der Waals surface area contributed by atoms with Crippen molar-refractivity contribution >= 4 is 18.0 Å². The van der Waals surface area contributed by atoms with Gasteiger partial charge in [0.05, 0.1) is 27.6 Å². The standard InChI is InChI=1S/C23H28NO4/c1-24(2,3)17-21(16-23(26)27-18-20-12-8-5-9-13-20)28-22(25)15-14-19-10-6-4-7-11-19/h4-15,21H,16-18H2,1-3H3/q+1/t21-/m1/s1. The van der Waals surface area contributed by atoms with E-state index in [1.54, 1.807) is 6.08 Å². The molecule has 0 radical (unpaired) electrons. The topological polar surface area (TPSA) is 52.6 Å². The second-order valence-corrected chi connectivity index (χ2v) is 7.63. The van der Waals surface area contributed by atoms with Gasteiger partial charge < -0.3 is 14.0 Å². The van der Waals surface area contributed by atoms with Gasteiger partial charge in [-0.25, -0.2) is 4.79 Å². The smallest absolute Gasteiger partial charge is 0.331 e. The van der Waals surface area contributed by atoms with E-state index in [1.165, 1.54) is 6.08 Å². The molecule has 0 spiro atoms. The minimum atomic E-state index is -0.559. The molecule has 0 saturated carbocycles. The molecule has 28 heavy (non-hydrogen) atoms. The fourth-order valence-corrected chi connectivity index (χ4v) is 2.67. The number of carbonyl (C=O) groups excluding carboxylic acids is 2. The lowest BCUT2D eigenvalue weighted by Crippen LogP contribution is -2.43. The number of esters is 2. The number of carbonyl (C=O) groups is 2. The van der Waals surface area contributed by atoms with Gasteiger partial charge in [0.15, 0.2) is 6.10 Å². The molecule has 0 aliphatic carbocycles. The van der Waals surface area contributed by atoms with E-state index in [9.17, 15) is 9.59 Å². The molecule has 0 heterocycles. The number of hydrogen-bond acceptors (Lipinski definition) is 4. The Morgan fingerprint density at radius 2 is 1.57 bits per heavy atom. The van der Waals surface area contributed by atoms with Gasteiger partial charge in [-0.1, -0.05) is 60.7 Å². The summed E-state index contributed by atoms with van der Waals surface area (Å²) >= 11 is 0. The Kier molecular flexibility index (Phi) is 7.96. The van der Waals surface area contributed by atoms with Crippen LogP contribution in [0.2, 0.25) is 0 Å². The van der Waals surface area contributed by atoms with Gasteiger partial charge in [0, 0.05) is 6.08 Å². The molecule has 0 aliphatic rings. The van der Waals surface area contributed by atoms with E-state index < -0.39 is 12.1 Å². The molecule has 0 aromatic heterocycles. The Morgan fingerprint density at radius 1 is 0.964 bits per heavy atom. The maximum Gasteiger partial charge on any atom is 0.331 e.